The van der Waals surface area contributed by atoms with E-state index in [2.05, 4.69) is 4.98 Å². The molecule has 1 aromatic carbocycles. The molecule has 2 rings (SSSR count). The summed E-state index contributed by atoms with van der Waals surface area (Å²) in [6.45, 7) is 3.91. The normalized spacial score (nSPS) is 12.0. The van der Waals surface area contributed by atoms with E-state index < -0.39 is 18.1 Å². The summed E-state index contributed by atoms with van der Waals surface area (Å²) in [6.07, 6.45) is 2.31. The van der Waals surface area contributed by atoms with E-state index in [0.717, 1.165) is 10.5 Å². The summed E-state index contributed by atoms with van der Waals surface area (Å²) in [5, 5.41) is 9.57. The van der Waals surface area contributed by atoms with Crippen molar-refractivity contribution in [3.8, 4) is 0 Å². The molecule has 0 spiro atoms. The Morgan fingerprint density at radius 1 is 1.29 bits per heavy atom. The highest BCUT2D eigenvalue weighted by atomic mass is 16.6. The van der Waals surface area contributed by atoms with Crippen LogP contribution in [0.4, 0.5) is 4.79 Å². The van der Waals surface area contributed by atoms with Crippen LogP contribution in [-0.2, 0) is 16.1 Å². The highest BCUT2D eigenvalue weighted by Crippen LogP contribution is 2.23. The van der Waals surface area contributed by atoms with Crippen molar-refractivity contribution in [3.63, 3.8) is 0 Å². The van der Waals surface area contributed by atoms with Gasteiger partial charge < -0.3 is 14.4 Å². The van der Waals surface area contributed by atoms with Gasteiger partial charge in [-0.25, -0.2) is 14.6 Å². The molecule has 1 amide bonds. The maximum Gasteiger partial charge on any atom is 0.410 e. The van der Waals surface area contributed by atoms with Crippen LogP contribution in [0.1, 0.15) is 37.2 Å². The maximum absolute atomic E-state index is 12.2. The number of imidazole rings is 1. The van der Waals surface area contributed by atoms with Gasteiger partial charge in [-0.2, -0.15) is 0 Å². The Morgan fingerprint density at radius 2 is 1.96 bits per heavy atom. The van der Waals surface area contributed by atoms with Crippen LogP contribution in [-0.4, -0.2) is 38.7 Å². The van der Waals surface area contributed by atoms with E-state index in [0.29, 0.717) is 5.69 Å². The van der Waals surface area contributed by atoms with Gasteiger partial charge in [0.05, 0.1) is 18.2 Å². The fraction of sp³-hybridized carbons (Fsp3) is 0.353. The molecule has 0 saturated carbocycles. The number of rotatable bonds is 6. The Labute approximate surface area is 140 Å². The fourth-order valence-corrected chi connectivity index (χ4v) is 2.38. The molecule has 1 N–H and O–H groups in total. The van der Waals surface area contributed by atoms with Gasteiger partial charge in [-0.1, -0.05) is 30.3 Å². The summed E-state index contributed by atoms with van der Waals surface area (Å²) < 4.78 is 6.94. The summed E-state index contributed by atoms with van der Waals surface area (Å²) in [5.41, 5.74) is 1.26. The second-order valence-electron chi connectivity index (χ2n) is 5.71. The Kier molecular flexibility index (Phi) is 5.57. The molecule has 0 saturated heterocycles. The summed E-state index contributed by atoms with van der Waals surface area (Å²) in [4.78, 5) is 29.0. The van der Waals surface area contributed by atoms with E-state index in [1.807, 2.05) is 44.2 Å². The van der Waals surface area contributed by atoms with Gasteiger partial charge in [-0.3, -0.25) is 4.90 Å². The van der Waals surface area contributed by atoms with E-state index in [-0.39, 0.29) is 12.6 Å². The lowest BCUT2D eigenvalue weighted by atomic mass is 10.2. The first-order valence-corrected chi connectivity index (χ1v) is 7.60. The molecule has 0 aliphatic rings. The summed E-state index contributed by atoms with van der Waals surface area (Å²) in [5.74, 6) is -1.14. The summed E-state index contributed by atoms with van der Waals surface area (Å²) in [6, 6.07) is 8.06. The number of amides is 1. The first kappa shape index (κ1) is 17.5. The van der Waals surface area contributed by atoms with Crippen molar-refractivity contribution in [3.05, 3.63) is 54.1 Å². The number of carbonyl (C=O) groups is 2. The lowest BCUT2D eigenvalue weighted by Gasteiger charge is -2.26. The second kappa shape index (κ2) is 7.63. The van der Waals surface area contributed by atoms with Crippen molar-refractivity contribution in [1.29, 1.82) is 0 Å². The van der Waals surface area contributed by atoms with Crippen LogP contribution in [0.3, 0.4) is 0 Å². The first-order valence-electron chi connectivity index (χ1n) is 7.60. The molecule has 1 atom stereocenters. The highest BCUT2D eigenvalue weighted by Gasteiger charge is 2.32. The molecule has 24 heavy (non-hydrogen) atoms. The molecule has 0 aliphatic carbocycles. The minimum Gasteiger partial charge on any atom is -0.479 e. The predicted molar refractivity (Wildman–Crippen MR) is 87.4 cm³/mol. The van der Waals surface area contributed by atoms with Crippen LogP contribution in [0.2, 0.25) is 0 Å². The van der Waals surface area contributed by atoms with Crippen LogP contribution in [0.15, 0.2) is 42.9 Å². The summed E-state index contributed by atoms with van der Waals surface area (Å²) in [7, 11) is 1.41. The second-order valence-corrected chi connectivity index (χ2v) is 5.71. The number of ether oxygens (including phenoxy) is 1. The fourth-order valence-electron chi connectivity index (χ4n) is 2.38. The van der Waals surface area contributed by atoms with E-state index in [1.54, 1.807) is 10.9 Å². The minimum absolute atomic E-state index is 0.0260. The number of nitrogens with zero attached hydrogens (tertiary/aromatic N) is 3. The molecule has 0 fully saturated rings. The molecule has 1 aromatic heterocycles. The third kappa shape index (κ3) is 3.92. The number of likely N-dealkylation sites (N-methyl/N-ethyl adjacent to an activating group) is 1. The maximum atomic E-state index is 12.2. The predicted octanol–water partition coefficient (Wildman–Crippen LogP) is 2.86. The molecule has 1 heterocycles. The zero-order valence-electron chi connectivity index (χ0n) is 13.9. The van der Waals surface area contributed by atoms with Gasteiger partial charge in [0.25, 0.3) is 0 Å². The average Bonchev–Trinajstić information content (AvgIpc) is 3.02. The molecular weight excluding hydrogens is 310 g/mol. The van der Waals surface area contributed by atoms with Gasteiger partial charge in [0.1, 0.15) is 6.61 Å². The Balaban J connectivity index is 2.14. The number of carboxylic acid groups (broad SMARTS) is 1. The standard InChI is InChI=1S/C17H21N3O4/c1-12(2)20-11-18-9-14(20)15(16(21)22)19(3)17(23)24-10-13-7-5-4-6-8-13/h4-9,11-12,15H,10H2,1-3H3,(H,21,22). The van der Waals surface area contributed by atoms with E-state index in [1.165, 1.54) is 13.2 Å². The minimum atomic E-state index is -1.17. The summed E-state index contributed by atoms with van der Waals surface area (Å²) >= 11 is 0. The van der Waals surface area contributed by atoms with Gasteiger partial charge in [-0.05, 0) is 19.4 Å². The van der Waals surface area contributed by atoms with Crippen LogP contribution in [0.25, 0.3) is 0 Å². The van der Waals surface area contributed by atoms with Crippen molar-refractivity contribution >= 4 is 12.1 Å². The number of hydrogen-bond acceptors (Lipinski definition) is 4. The van der Waals surface area contributed by atoms with Gasteiger partial charge >= 0.3 is 12.1 Å². The molecule has 7 nitrogen and oxygen atoms in total. The quantitative estimate of drug-likeness (QED) is 0.880. The van der Waals surface area contributed by atoms with Crippen LogP contribution in [0, 0.1) is 0 Å². The van der Waals surface area contributed by atoms with Gasteiger partial charge in [-0.15, -0.1) is 0 Å². The van der Waals surface area contributed by atoms with Gasteiger partial charge in [0, 0.05) is 13.1 Å². The van der Waals surface area contributed by atoms with Crippen LogP contribution >= 0.6 is 0 Å². The molecule has 128 valence electrons. The van der Waals surface area contributed by atoms with Gasteiger partial charge in [0.2, 0.25) is 0 Å². The zero-order valence-corrected chi connectivity index (χ0v) is 13.9. The number of hydrogen-bond donors (Lipinski definition) is 1. The Bertz CT molecular complexity index is 697. The topological polar surface area (TPSA) is 84.7 Å². The van der Waals surface area contributed by atoms with E-state index >= 15 is 0 Å². The Morgan fingerprint density at radius 3 is 2.54 bits per heavy atom. The molecular formula is C17H21N3O4. The molecule has 2 aromatic rings. The highest BCUT2D eigenvalue weighted by molar-refractivity contribution is 5.80. The monoisotopic (exact) mass is 331 g/mol. The van der Waals surface area contributed by atoms with Crippen molar-refractivity contribution in [2.45, 2.75) is 32.5 Å². The lowest BCUT2D eigenvalue weighted by molar-refractivity contribution is -0.142. The molecule has 0 aliphatic heterocycles. The zero-order chi connectivity index (χ0) is 17.7. The lowest BCUT2D eigenvalue weighted by Crippen LogP contribution is -2.37. The smallest absolute Gasteiger partial charge is 0.410 e. The van der Waals surface area contributed by atoms with Crippen molar-refractivity contribution in [1.82, 2.24) is 14.5 Å². The number of carboxylic acids is 1. The van der Waals surface area contributed by atoms with Crippen molar-refractivity contribution in [2.75, 3.05) is 7.05 Å². The molecule has 0 bridgehead atoms. The SMILES string of the molecule is CC(C)n1cncc1C(C(=O)O)N(C)C(=O)OCc1ccccc1. The molecule has 0 radical (unpaired) electrons. The van der Waals surface area contributed by atoms with Crippen molar-refractivity contribution < 1.29 is 19.4 Å². The largest absolute Gasteiger partial charge is 0.479 e. The number of aliphatic carboxylic acids is 1. The molecule has 1 unspecified atom stereocenters. The van der Waals surface area contributed by atoms with Crippen LogP contribution < -0.4 is 0 Å². The Hall–Kier alpha value is -2.83. The van der Waals surface area contributed by atoms with E-state index in [9.17, 15) is 14.7 Å². The van der Waals surface area contributed by atoms with Gasteiger partial charge in [0.15, 0.2) is 6.04 Å². The molecule has 7 heteroatoms. The number of carbonyl (C=O) groups excluding carboxylic acids is 1. The van der Waals surface area contributed by atoms with Crippen molar-refractivity contribution in [2.24, 2.45) is 0 Å². The third-order valence-corrected chi connectivity index (χ3v) is 3.65. The first-order chi connectivity index (χ1) is 11.4. The third-order valence-electron chi connectivity index (χ3n) is 3.65. The average molecular weight is 331 g/mol. The number of aromatic nitrogens is 2. The van der Waals surface area contributed by atoms with Crippen LogP contribution in [0.5, 0.6) is 0 Å². The van der Waals surface area contributed by atoms with E-state index in [4.69, 9.17) is 4.74 Å². The number of benzene rings is 1.